The predicted molar refractivity (Wildman–Crippen MR) is 140 cm³/mol. The lowest BCUT2D eigenvalue weighted by Crippen LogP contribution is -2.48. The van der Waals surface area contributed by atoms with E-state index in [0.29, 0.717) is 13.1 Å². The van der Waals surface area contributed by atoms with Crippen LogP contribution >= 0.6 is 0 Å². The number of amides is 1. The Labute approximate surface area is 207 Å². The standard InChI is InChI=1S/C29H34N2O4/c1-19(17-27(32)31-15-13-30(14-16-31)24-10-6-8-12-26(24)33-3)22-18-23-21-9-5-7-11-25(21)35-29(23)20(2)28(22)34-4/h6,8,10,12,17-18H,5,7,9,11,13-16H2,1-4H3/b19-17+. The molecule has 0 N–H and O–H groups in total. The number of furan rings is 1. The summed E-state index contributed by atoms with van der Waals surface area (Å²) in [6, 6.07) is 10.2. The number of methoxy groups -OCH3 is 2. The molecule has 1 fully saturated rings. The molecular weight excluding hydrogens is 440 g/mol. The minimum Gasteiger partial charge on any atom is -0.496 e. The first kappa shape index (κ1) is 23.3. The van der Waals surface area contributed by atoms with Crippen LogP contribution in [-0.4, -0.2) is 51.2 Å². The Kier molecular flexibility index (Phi) is 6.46. The highest BCUT2D eigenvalue weighted by molar-refractivity contribution is 5.98. The number of ether oxygens (including phenoxy) is 2. The van der Waals surface area contributed by atoms with Gasteiger partial charge < -0.3 is 23.7 Å². The Morgan fingerprint density at radius 1 is 1.03 bits per heavy atom. The van der Waals surface area contributed by atoms with Gasteiger partial charge >= 0.3 is 0 Å². The van der Waals surface area contributed by atoms with Crippen molar-refractivity contribution in [2.75, 3.05) is 45.3 Å². The van der Waals surface area contributed by atoms with Gasteiger partial charge in [0.2, 0.25) is 5.91 Å². The maximum Gasteiger partial charge on any atom is 0.246 e. The molecule has 1 saturated heterocycles. The SMILES string of the molecule is COc1ccccc1N1CCN(C(=O)/C=C(\C)c2cc3c4c(oc3c(C)c2OC)CCCC4)CC1. The van der Waals surface area contributed by atoms with Gasteiger partial charge in [-0.15, -0.1) is 0 Å². The van der Waals surface area contributed by atoms with Crippen molar-refractivity contribution < 1.29 is 18.7 Å². The Balaban J connectivity index is 1.37. The number of para-hydroxylation sites is 2. The van der Waals surface area contributed by atoms with Gasteiger partial charge in [0.25, 0.3) is 0 Å². The quantitative estimate of drug-likeness (QED) is 0.464. The van der Waals surface area contributed by atoms with E-state index >= 15 is 0 Å². The second kappa shape index (κ2) is 9.68. The number of carbonyl (C=O) groups excluding carboxylic acids is 1. The van der Waals surface area contributed by atoms with Crippen molar-refractivity contribution in [1.82, 2.24) is 4.90 Å². The molecule has 0 radical (unpaired) electrons. The zero-order valence-electron chi connectivity index (χ0n) is 21.1. The molecular formula is C29H34N2O4. The highest BCUT2D eigenvalue weighted by Gasteiger charge is 2.25. The van der Waals surface area contributed by atoms with Crippen molar-refractivity contribution in [2.45, 2.75) is 39.5 Å². The van der Waals surface area contributed by atoms with Gasteiger partial charge in [-0.3, -0.25) is 4.79 Å². The van der Waals surface area contributed by atoms with E-state index in [4.69, 9.17) is 13.9 Å². The Bertz CT molecular complexity index is 1280. The van der Waals surface area contributed by atoms with Crippen molar-refractivity contribution >= 4 is 28.1 Å². The summed E-state index contributed by atoms with van der Waals surface area (Å²) in [6.07, 6.45) is 6.17. The predicted octanol–water partition coefficient (Wildman–Crippen LogP) is 5.39. The lowest BCUT2D eigenvalue weighted by molar-refractivity contribution is -0.126. The van der Waals surface area contributed by atoms with E-state index in [-0.39, 0.29) is 5.91 Å². The summed E-state index contributed by atoms with van der Waals surface area (Å²) >= 11 is 0. The number of piperazine rings is 1. The van der Waals surface area contributed by atoms with E-state index in [1.807, 2.05) is 36.9 Å². The van der Waals surface area contributed by atoms with E-state index < -0.39 is 0 Å². The Hall–Kier alpha value is -3.41. The summed E-state index contributed by atoms with van der Waals surface area (Å²) in [5.74, 6) is 2.80. The average molecular weight is 475 g/mol. The highest BCUT2D eigenvalue weighted by atomic mass is 16.5. The number of rotatable bonds is 5. The maximum atomic E-state index is 13.2. The fraction of sp³-hybridized carbons (Fsp3) is 0.414. The van der Waals surface area contributed by atoms with Crippen LogP contribution in [0.2, 0.25) is 0 Å². The van der Waals surface area contributed by atoms with Crippen LogP contribution in [0.4, 0.5) is 5.69 Å². The first-order valence-electron chi connectivity index (χ1n) is 12.5. The van der Waals surface area contributed by atoms with Crippen LogP contribution in [0, 0.1) is 6.92 Å². The number of allylic oxidation sites excluding steroid dienone is 1. The molecule has 1 aliphatic carbocycles. The van der Waals surface area contributed by atoms with E-state index in [2.05, 4.69) is 17.0 Å². The molecule has 2 aromatic carbocycles. The fourth-order valence-corrected chi connectivity index (χ4v) is 5.51. The number of nitrogens with zero attached hydrogens (tertiary/aromatic N) is 2. The number of carbonyl (C=O) groups is 1. The van der Waals surface area contributed by atoms with Crippen LogP contribution < -0.4 is 14.4 Å². The van der Waals surface area contributed by atoms with Gasteiger partial charge in [0.15, 0.2) is 0 Å². The summed E-state index contributed by atoms with van der Waals surface area (Å²) < 4.78 is 17.6. The van der Waals surface area contributed by atoms with Crippen molar-refractivity contribution in [2.24, 2.45) is 0 Å². The molecule has 0 atom stereocenters. The van der Waals surface area contributed by atoms with E-state index in [1.165, 1.54) is 23.8 Å². The summed E-state index contributed by atoms with van der Waals surface area (Å²) in [6.45, 7) is 6.93. The van der Waals surface area contributed by atoms with Crippen LogP contribution in [0.1, 0.15) is 42.2 Å². The molecule has 0 saturated carbocycles. The largest absolute Gasteiger partial charge is 0.496 e. The molecule has 6 heteroatoms. The van der Waals surface area contributed by atoms with Gasteiger partial charge in [-0.05, 0) is 56.9 Å². The van der Waals surface area contributed by atoms with Crippen molar-refractivity contribution in [3.63, 3.8) is 0 Å². The zero-order chi connectivity index (χ0) is 24.5. The third-order valence-corrected chi connectivity index (χ3v) is 7.41. The van der Waals surface area contributed by atoms with Crippen LogP contribution in [0.25, 0.3) is 16.5 Å². The first-order chi connectivity index (χ1) is 17.0. The molecule has 6 nitrogen and oxygen atoms in total. The fourth-order valence-electron chi connectivity index (χ4n) is 5.51. The topological polar surface area (TPSA) is 55.2 Å². The minimum atomic E-state index is 0.0382. The van der Waals surface area contributed by atoms with Gasteiger partial charge in [-0.25, -0.2) is 0 Å². The van der Waals surface area contributed by atoms with Gasteiger partial charge in [0.05, 0.1) is 19.9 Å². The molecule has 184 valence electrons. The average Bonchev–Trinajstić information content (AvgIpc) is 3.27. The lowest BCUT2D eigenvalue weighted by Gasteiger charge is -2.36. The number of hydrogen-bond donors (Lipinski definition) is 0. The van der Waals surface area contributed by atoms with Gasteiger partial charge in [-0.1, -0.05) is 12.1 Å². The molecule has 1 aliphatic heterocycles. The van der Waals surface area contributed by atoms with Gasteiger partial charge in [0, 0.05) is 60.8 Å². The molecule has 0 spiro atoms. The molecule has 0 bridgehead atoms. The van der Waals surface area contributed by atoms with Crippen LogP contribution in [0.15, 0.2) is 40.8 Å². The maximum absolute atomic E-state index is 13.2. The number of aryl methyl sites for hydroxylation is 3. The minimum absolute atomic E-state index is 0.0382. The van der Waals surface area contributed by atoms with Crippen molar-refractivity contribution in [1.29, 1.82) is 0 Å². The third kappa shape index (κ3) is 4.26. The van der Waals surface area contributed by atoms with E-state index in [0.717, 1.165) is 71.2 Å². The first-order valence-corrected chi connectivity index (χ1v) is 12.5. The molecule has 3 aromatic rings. The smallest absolute Gasteiger partial charge is 0.246 e. The molecule has 35 heavy (non-hydrogen) atoms. The van der Waals surface area contributed by atoms with Crippen molar-refractivity contribution in [3.8, 4) is 11.5 Å². The lowest BCUT2D eigenvalue weighted by atomic mass is 9.93. The normalized spacial score (nSPS) is 16.4. The third-order valence-electron chi connectivity index (χ3n) is 7.41. The second-order valence-corrected chi connectivity index (χ2v) is 9.48. The molecule has 2 heterocycles. The van der Waals surface area contributed by atoms with Crippen molar-refractivity contribution in [3.05, 3.63) is 58.9 Å². The monoisotopic (exact) mass is 474 g/mol. The number of hydrogen-bond acceptors (Lipinski definition) is 5. The number of benzene rings is 2. The molecule has 1 aromatic heterocycles. The molecule has 5 rings (SSSR count). The van der Waals surface area contributed by atoms with E-state index in [1.54, 1.807) is 20.3 Å². The molecule has 1 amide bonds. The number of fused-ring (bicyclic) bond motifs is 3. The Morgan fingerprint density at radius 2 is 1.77 bits per heavy atom. The number of anilines is 1. The second-order valence-electron chi connectivity index (χ2n) is 9.48. The van der Waals surface area contributed by atoms with E-state index in [9.17, 15) is 4.79 Å². The summed E-state index contributed by atoms with van der Waals surface area (Å²) in [7, 11) is 3.38. The van der Waals surface area contributed by atoms with Gasteiger partial charge in [-0.2, -0.15) is 0 Å². The van der Waals surface area contributed by atoms with Gasteiger partial charge in [0.1, 0.15) is 22.8 Å². The molecule has 2 aliphatic rings. The summed E-state index contributed by atoms with van der Waals surface area (Å²) in [4.78, 5) is 17.4. The van der Waals surface area contributed by atoms with Crippen LogP contribution in [-0.2, 0) is 17.6 Å². The van der Waals surface area contributed by atoms with Crippen LogP contribution in [0.5, 0.6) is 11.5 Å². The van der Waals surface area contributed by atoms with Crippen LogP contribution in [0.3, 0.4) is 0 Å². The summed E-state index contributed by atoms with van der Waals surface area (Å²) in [5, 5.41) is 1.17. The molecule has 0 unspecified atom stereocenters. The summed E-state index contributed by atoms with van der Waals surface area (Å²) in [5.41, 5.74) is 6.20. The highest BCUT2D eigenvalue weighted by Crippen LogP contribution is 2.41. The zero-order valence-corrected chi connectivity index (χ0v) is 21.1. The Morgan fingerprint density at radius 3 is 2.51 bits per heavy atom.